The van der Waals surface area contributed by atoms with Gasteiger partial charge in [0.2, 0.25) is 11.7 Å². The standard InChI is InChI=1S/C19H20N4O2S/c24-19(15-7-5-14(6-8-15)13-23-9-1-2-10-23)20-12-17-21-18(22-25-17)16-4-3-11-26-16/h3-8,11H,1-2,9-10,12-13H2,(H,20,24). The topological polar surface area (TPSA) is 71.3 Å². The Morgan fingerprint density at radius 1 is 1.19 bits per heavy atom. The monoisotopic (exact) mass is 368 g/mol. The van der Waals surface area contributed by atoms with Gasteiger partial charge >= 0.3 is 0 Å². The highest BCUT2D eigenvalue weighted by Crippen LogP contribution is 2.21. The van der Waals surface area contributed by atoms with Crippen molar-refractivity contribution in [3.05, 3.63) is 58.8 Å². The molecule has 0 aliphatic carbocycles. The molecule has 3 aromatic rings. The van der Waals surface area contributed by atoms with Crippen molar-refractivity contribution >= 4 is 17.2 Å². The van der Waals surface area contributed by atoms with Crippen LogP contribution in [0.1, 0.15) is 34.7 Å². The Labute approximate surface area is 155 Å². The Balaban J connectivity index is 1.31. The minimum absolute atomic E-state index is 0.145. The van der Waals surface area contributed by atoms with Crippen molar-refractivity contribution in [2.24, 2.45) is 0 Å². The number of nitrogens with one attached hydrogen (secondary N) is 1. The van der Waals surface area contributed by atoms with Gasteiger partial charge in [-0.15, -0.1) is 11.3 Å². The van der Waals surface area contributed by atoms with Crippen LogP contribution in [0.4, 0.5) is 0 Å². The molecule has 1 aliphatic heterocycles. The Morgan fingerprint density at radius 2 is 2.00 bits per heavy atom. The van der Waals surface area contributed by atoms with E-state index in [1.807, 2.05) is 41.8 Å². The van der Waals surface area contributed by atoms with Crippen molar-refractivity contribution in [3.8, 4) is 10.7 Å². The Bertz CT molecular complexity index is 852. The van der Waals surface area contributed by atoms with Crippen LogP contribution in [0, 0.1) is 0 Å². The van der Waals surface area contributed by atoms with E-state index in [2.05, 4.69) is 20.4 Å². The molecule has 4 rings (SSSR count). The number of hydrogen-bond donors (Lipinski definition) is 1. The van der Waals surface area contributed by atoms with Gasteiger partial charge in [0, 0.05) is 12.1 Å². The average Bonchev–Trinajstić information content (AvgIpc) is 3.41. The van der Waals surface area contributed by atoms with Crippen molar-refractivity contribution in [2.75, 3.05) is 13.1 Å². The number of amides is 1. The smallest absolute Gasteiger partial charge is 0.251 e. The zero-order valence-corrected chi connectivity index (χ0v) is 15.2. The molecule has 1 N–H and O–H groups in total. The molecule has 1 fully saturated rings. The third-order valence-corrected chi connectivity index (χ3v) is 5.30. The molecule has 1 amide bonds. The number of thiophene rings is 1. The van der Waals surface area contributed by atoms with E-state index in [1.54, 1.807) is 11.3 Å². The van der Waals surface area contributed by atoms with Crippen molar-refractivity contribution < 1.29 is 9.32 Å². The maximum atomic E-state index is 12.3. The summed E-state index contributed by atoms with van der Waals surface area (Å²) in [6.45, 7) is 3.50. The molecule has 2 aromatic heterocycles. The van der Waals surface area contributed by atoms with Gasteiger partial charge in [0.15, 0.2) is 0 Å². The molecule has 134 valence electrons. The zero-order valence-electron chi connectivity index (χ0n) is 14.4. The van der Waals surface area contributed by atoms with Crippen LogP contribution in [0.25, 0.3) is 10.7 Å². The minimum Gasteiger partial charge on any atom is -0.343 e. The van der Waals surface area contributed by atoms with E-state index < -0.39 is 0 Å². The van der Waals surface area contributed by atoms with Gasteiger partial charge in [-0.2, -0.15) is 4.98 Å². The van der Waals surface area contributed by atoms with E-state index in [4.69, 9.17) is 4.52 Å². The van der Waals surface area contributed by atoms with Crippen LogP contribution in [0.2, 0.25) is 0 Å². The molecule has 6 nitrogen and oxygen atoms in total. The number of likely N-dealkylation sites (tertiary alicyclic amines) is 1. The number of aromatic nitrogens is 2. The summed E-state index contributed by atoms with van der Waals surface area (Å²) in [4.78, 5) is 20.0. The molecule has 3 heterocycles. The summed E-state index contributed by atoms with van der Waals surface area (Å²) in [6.07, 6.45) is 2.56. The molecule has 0 bridgehead atoms. The first kappa shape index (κ1) is 16.9. The average molecular weight is 368 g/mol. The lowest BCUT2D eigenvalue weighted by Gasteiger charge is -2.14. The maximum absolute atomic E-state index is 12.3. The third kappa shape index (κ3) is 4.00. The summed E-state index contributed by atoms with van der Waals surface area (Å²) in [5.74, 6) is 0.802. The highest BCUT2D eigenvalue weighted by Gasteiger charge is 2.13. The zero-order chi connectivity index (χ0) is 17.8. The van der Waals surface area contributed by atoms with Crippen molar-refractivity contribution in [2.45, 2.75) is 25.9 Å². The van der Waals surface area contributed by atoms with Gasteiger partial charge in [-0.1, -0.05) is 23.4 Å². The van der Waals surface area contributed by atoms with E-state index in [-0.39, 0.29) is 12.5 Å². The molecule has 0 unspecified atom stereocenters. The summed E-state index contributed by atoms with van der Waals surface area (Å²) in [7, 11) is 0. The first-order chi connectivity index (χ1) is 12.8. The summed E-state index contributed by atoms with van der Waals surface area (Å²) < 4.78 is 5.19. The van der Waals surface area contributed by atoms with E-state index in [0.29, 0.717) is 17.3 Å². The van der Waals surface area contributed by atoms with E-state index in [1.165, 1.54) is 31.5 Å². The second kappa shape index (κ2) is 7.80. The van der Waals surface area contributed by atoms with Gasteiger partial charge < -0.3 is 9.84 Å². The van der Waals surface area contributed by atoms with Gasteiger partial charge in [0.05, 0.1) is 11.4 Å². The molecule has 0 spiro atoms. The number of rotatable bonds is 6. The molecule has 7 heteroatoms. The molecular formula is C19H20N4O2S. The molecule has 0 radical (unpaired) electrons. The Hall–Kier alpha value is -2.51. The number of benzene rings is 1. The normalized spacial score (nSPS) is 14.6. The van der Waals surface area contributed by atoms with Crippen LogP contribution in [0.15, 0.2) is 46.3 Å². The summed E-state index contributed by atoms with van der Waals surface area (Å²) in [5.41, 5.74) is 1.87. The fraction of sp³-hybridized carbons (Fsp3) is 0.316. The lowest BCUT2D eigenvalue weighted by molar-refractivity contribution is 0.0946. The number of nitrogens with zero attached hydrogens (tertiary/aromatic N) is 3. The molecule has 26 heavy (non-hydrogen) atoms. The quantitative estimate of drug-likeness (QED) is 0.723. The van der Waals surface area contributed by atoms with Gasteiger partial charge in [0.25, 0.3) is 5.91 Å². The molecular weight excluding hydrogens is 348 g/mol. The predicted octanol–water partition coefficient (Wildman–Crippen LogP) is 3.32. The highest BCUT2D eigenvalue weighted by atomic mass is 32.1. The number of carbonyl (C=O) groups excluding carboxylic acids is 1. The SMILES string of the molecule is O=C(NCc1nc(-c2cccs2)no1)c1ccc(CN2CCCC2)cc1. The Kier molecular flexibility index (Phi) is 5.08. The number of carbonyl (C=O) groups is 1. The van der Waals surface area contributed by atoms with Crippen molar-refractivity contribution in [3.63, 3.8) is 0 Å². The highest BCUT2D eigenvalue weighted by molar-refractivity contribution is 7.13. The Morgan fingerprint density at radius 3 is 2.73 bits per heavy atom. The lowest BCUT2D eigenvalue weighted by Crippen LogP contribution is -2.23. The van der Waals surface area contributed by atoms with Crippen LogP contribution in [-0.2, 0) is 13.1 Å². The largest absolute Gasteiger partial charge is 0.343 e. The van der Waals surface area contributed by atoms with Gasteiger partial charge in [-0.05, 0) is 55.1 Å². The summed E-state index contributed by atoms with van der Waals surface area (Å²) in [6, 6.07) is 11.6. The van der Waals surface area contributed by atoms with Gasteiger partial charge in [-0.3, -0.25) is 9.69 Å². The van der Waals surface area contributed by atoms with E-state index in [9.17, 15) is 4.79 Å². The van der Waals surface area contributed by atoms with Crippen LogP contribution in [0.3, 0.4) is 0 Å². The first-order valence-electron chi connectivity index (χ1n) is 8.74. The fourth-order valence-electron chi connectivity index (χ4n) is 3.05. The van der Waals surface area contributed by atoms with Crippen molar-refractivity contribution in [1.29, 1.82) is 0 Å². The fourth-order valence-corrected chi connectivity index (χ4v) is 3.70. The van der Waals surface area contributed by atoms with E-state index >= 15 is 0 Å². The van der Waals surface area contributed by atoms with Crippen LogP contribution in [0.5, 0.6) is 0 Å². The maximum Gasteiger partial charge on any atom is 0.251 e. The third-order valence-electron chi connectivity index (χ3n) is 4.43. The molecule has 1 saturated heterocycles. The van der Waals surface area contributed by atoms with Crippen LogP contribution < -0.4 is 5.32 Å². The first-order valence-corrected chi connectivity index (χ1v) is 9.62. The van der Waals surface area contributed by atoms with E-state index in [0.717, 1.165) is 11.4 Å². The summed E-state index contributed by atoms with van der Waals surface area (Å²) >= 11 is 1.55. The summed E-state index contributed by atoms with van der Waals surface area (Å²) in [5, 5.41) is 8.72. The van der Waals surface area contributed by atoms with Crippen molar-refractivity contribution in [1.82, 2.24) is 20.4 Å². The van der Waals surface area contributed by atoms with Gasteiger partial charge in [0.1, 0.15) is 0 Å². The molecule has 1 aromatic carbocycles. The lowest BCUT2D eigenvalue weighted by atomic mass is 10.1. The second-order valence-corrected chi connectivity index (χ2v) is 7.30. The molecule has 0 saturated carbocycles. The van der Waals surface area contributed by atoms with Crippen LogP contribution in [-0.4, -0.2) is 34.0 Å². The minimum atomic E-state index is -0.145. The number of hydrogen-bond acceptors (Lipinski definition) is 6. The molecule has 1 aliphatic rings. The van der Waals surface area contributed by atoms with Crippen LogP contribution >= 0.6 is 11.3 Å². The second-order valence-electron chi connectivity index (χ2n) is 6.35. The predicted molar refractivity (Wildman–Crippen MR) is 99.7 cm³/mol. The molecule has 0 atom stereocenters. The van der Waals surface area contributed by atoms with Gasteiger partial charge in [-0.25, -0.2) is 0 Å².